The molecule has 32 heavy (non-hydrogen) atoms. The Bertz CT molecular complexity index is 985. The van der Waals surface area contributed by atoms with Crippen molar-refractivity contribution in [2.75, 3.05) is 31.6 Å². The second-order valence-corrected chi connectivity index (χ2v) is 7.99. The minimum atomic E-state index is -0.0704. The van der Waals surface area contributed by atoms with Gasteiger partial charge in [-0.05, 0) is 67.3 Å². The maximum absolute atomic E-state index is 12.5. The molecule has 0 unspecified atom stereocenters. The molecule has 3 aromatic rings. The van der Waals surface area contributed by atoms with Crippen molar-refractivity contribution in [3.63, 3.8) is 0 Å². The fourth-order valence-electron chi connectivity index (χ4n) is 3.71. The van der Waals surface area contributed by atoms with Crippen LogP contribution in [0.5, 0.6) is 17.4 Å². The lowest BCUT2D eigenvalue weighted by molar-refractivity contribution is -0.132. The predicted molar refractivity (Wildman–Crippen MR) is 125 cm³/mol. The molecule has 0 aliphatic carbocycles. The van der Waals surface area contributed by atoms with Crippen molar-refractivity contribution in [3.8, 4) is 17.4 Å². The number of piperidine rings is 1. The smallest absolute Gasteiger partial charge is 0.260 e. The summed E-state index contributed by atoms with van der Waals surface area (Å²) in [5, 5.41) is 0. The van der Waals surface area contributed by atoms with E-state index in [1.807, 2.05) is 12.1 Å². The van der Waals surface area contributed by atoms with Crippen LogP contribution in [0.2, 0.25) is 0 Å². The fraction of sp³-hybridized carbons (Fsp3) is 0.308. The van der Waals surface area contributed by atoms with E-state index in [9.17, 15) is 4.79 Å². The van der Waals surface area contributed by atoms with Crippen LogP contribution in [0, 0.1) is 0 Å². The number of pyridine rings is 1. The molecule has 4 rings (SSSR count). The Morgan fingerprint density at radius 2 is 1.66 bits per heavy atom. The Kier molecular flexibility index (Phi) is 7.23. The van der Waals surface area contributed by atoms with E-state index in [1.54, 1.807) is 48.5 Å². The van der Waals surface area contributed by atoms with Crippen LogP contribution in [-0.2, 0) is 11.3 Å². The second-order valence-electron chi connectivity index (χ2n) is 7.99. The normalized spacial score (nSPS) is 13.5. The first-order chi connectivity index (χ1) is 15.7. The molecule has 1 aliphatic heterocycles. The third-order valence-corrected chi connectivity index (χ3v) is 5.55. The highest BCUT2D eigenvalue weighted by Gasteiger charge is 2.13. The van der Waals surface area contributed by atoms with E-state index in [-0.39, 0.29) is 12.5 Å². The molecule has 1 amide bonds. The highest BCUT2D eigenvalue weighted by molar-refractivity contribution is 5.77. The van der Waals surface area contributed by atoms with Gasteiger partial charge in [-0.15, -0.1) is 0 Å². The monoisotopic (exact) mass is 431 g/mol. The standard InChI is InChI=1S/C26H29N3O3/c1-28(19-21-8-10-22(11-9-21)29-17-5-2-6-18-29)26(30)20-31-23-12-14-24(15-13-23)32-25-7-3-4-16-27-25/h3-4,7-16H,2,5-6,17-20H2,1H3. The molecule has 166 valence electrons. The molecule has 1 aliphatic rings. The Morgan fingerprint density at radius 1 is 0.938 bits per heavy atom. The van der Waals surface area contributed by atoms with E-state index in [0.29, 0.717) is 23.9 Å². The number of hydrogen-bond donors (Lipinski definition) is 0. The molecule has 0 saturated carbocycles. The first-order valence-corrected chi connectivity index (χ1v) is 11.1. The van der Waals surface area contributed by atoms with Crippen molar-refractivity contribution in [2.24, 2.45) is 0 Å². The van der Waals surface area contributed by atoms with Crippen LogP contribution < -0.4 is 14.4 Å². The Labute approximate surface area is 189 Å². The molecule has 2 aromatic carbocycles. The number of amides is 1. The van der Waals surface area contributed by atoms with Crippen molar-refractivity contribution in [1.82, 2.24) is 9.88 Å². The number of rotatable bonds is 8. The van der Waals surface area contributed by atoms with Crippen LogP contribution in [-0.4, -0.2) is 42.5 Å². The lowest BCUT2D eigenvalue weighted by Crippen LogP contribution is -2.31. The van der Waals surface area contributed by atoms with Crippen molar-refractivity contribution in [1.29, 1.82) is 0 Å². The minimum absolute atomic E-state index is 0.0111. The summed E-state index contributed by atoms with van der Waals surface area (Å²) in [7, 11) is 1.80. The fourth-order valence-corrected chi connectivity index (χ4v) is 3.71. The van der Waals surface area contributed by atoms with Gasteiger partial charge in [-0.3, -0.25) is 4.79 Å². The molecule has 0 N–H and O–H groups in total. The number of likely N-dealkylation sites (N-methyl/N-ethyl adjacent to an activating group) is 1. The van der Waals surface area contributed by atoms with Crippen molar-refractivity contribution < 1.29 is 14.3 Å². The number of ether oxygens (including phenoxy) is 2. The van der Waals surface area contributed by atoms with E-state index in [2.05, 4.69) is 34.1 Å². The molecule has 0 atom stereocenters. The van der Waals surface area contributed by atoms with Crippen molar-refractivity contribution in [3.05, 3.63) is 78.5 Å². The second kappa shape index (κ2) is 10.7. The summed E-state index contributed by atoms with van der Waals surface area (Å²) in [5.41, 5.74) is 2.37. The number of nitrogens with zero attached hydrogens (tertiary/aromatic N) is 3. The molecule has 2 heterocycles. The van der Waals surface area contributed by atoms with E-state index in [0.717, 1.165) is 18.7 Å². The molecule has 1 fully saturated rings. The van der Waals surface area contributed by atoms with E-state index < -0.39 is 0 Å². The lowest BCUT2D eigenvalue weighted by atomic mass is 10.1. The zero-order valence-corrected chi connectivity index (χ0v) is 18.4. The number of aromatic nitrogens is 1. The molecule has 1 aromatic heterocycles. The molecule has 0 spiro atoms. The van der Waals surface area contributed by atoms with Gasteiger partial charge in [0.2, 0.25) is 5.88 Å². The summed E-state index contributed by atoms with van der Waals surface area (Å²) in [6.07, 6.45) is 5.53. The summed E-state index contributed by atoms with van der Waals surface area (Å²) < 4.78 is 11.3. The number of benzene rings is 2. The molecule has 6 heteroatoms. The van der Waals surface area contributed by atoms with E-state index in [1.165, 1.54) is 24.9 Å². The lowest BCUT2D eigenvalue weighted by Gasteiger charge is -2.29. The third kappa shape index (κ3) is 6.00. The number of hydrogen-bond acceptors (Lipinski definition) is 5. The summed E-state index contributed by atoms with van der Waals surface area (Å²) in [6.45, 7) is 2.80. The highest BCUT2D eigenvalue weighted by Crippen LogP contribution is 2.23. The maximum Gasteiger partial charge on any atom is 0.260 e. The average Bonchev–Trinajstić information content (AvgIpc) is 2.85. The van der Waals surface area contributed by atoms with Crippen LogP contribution in [0.15, 0.2) is 72.9 Å². The van der Waals surface area contributed by atoms with Gasteiger partial charge in [-0.25, -0.2) is 4.98 Å². The van der Waals surface area contributed by atoms with Crippen LogP contribution in [0.4, 0.5) is 5.69 Å². The zero-order chi connectivity index (χ0) is 22.2. The summed E-state index contributed by atoms with van der Waals surface area (Å²) >= 11 is 0. The topological polar surface area (TPSA) is 54.9 Å². The van der Waals surface area contributed by atoms with Gasteiger partial charge in [0, 0.05) is 44.6 Å². The average molecular weight is 432 g/mol. The van der Waals surface area contributed by atoms with Gasteiger partial charge >= 0.3 is 0 Å². The van der Waals surface area contributed by atoms with Gasteiger partial charge in [-0.1, -0.05) is 18.2 Å². The van der Waals surface area contributed by atoms with Crippen LogP contribution >= 0.6 is 0 Å². The van der Waals surface area contributed by atoms with Crippen LogP contribution in [0.1, 0.15) is 24.8 Å². The van der Waals surface area contributed by atoms with Gasteiger partial charge in [0.25, 0.3) is 5.91 Å². The summed E-state index contributed by atoms with van der Waals surface area (Å²) in [5.74, 6) is 1.74. The van der Waals surface area contributed by atoms with Gasteiger partial charge in [-0.2, -0.15) is 0 Å². The highest BCUT2D eigenvalue weighted by atomic mass is 16.5. The van der Waals surface area contributed by atoms with Gasteiger partial charge in [0.15, 0.2) is 6.61 Å². The number of carbonyl (C=O) groups excluding carboxylic acids is 1. The largest absolute Gasteiger partial charge is 0.484 e. The summed E-state index contributed by atoms with van der Waals surface area (Å²) in [4.78, 5) is 20.8. The van der Waals surface area contributed by atoms with Crippen LogP contribution in [0.25, 0.3) is 0 Å². The Morgan fingerprint density at radius 3 is 2.34 bits per heavy atom. The first kappa shape index (κ1) is 21.7. The number of carbonyl (C=O) groups is 1. The van der Waals surface area contributed by atoms with Gasteiger partial charge in [0.1, 0.15) is 11.5 Å². The third-order valence-electron chi connectivity index (χ3n) is 5.55. The van der Waals surface area contributed by atoms with Crippen molar-refractivity contribution >= 4 is 11.6 Å². The molecular weight excluding hydrogens is 402 g/mol. The minimum Gasteiger partial charge on any atom is -0.484 e. The molecule has 1 saturated heterocycles. The Hall–Kier alpha value is -3.54. The van der Waals surface area contributed by atoms with Crippen LogP contribution in [0.3, 0.4) is 0 Å². The van der Waals surface area contributed by atoms with Gasteiger partial charge < -0.3 is 19.3 Å². The molecular formula is C26H29N3O3. The van der Waals surface area contributed by atoms with E-state index >= 15 is 0 Å². The molecule has 0 radical (unpaired) electrons. The molecule has 0 bridgehead atoms. The predicted octanol–water partition coefficient (Wildman–Crippen LogP) is 4.90. The Balaban J connectivity index is 1.24. The van der Waals surface area contributed by atoms with E-state index in [4.69, 9.17) is 9.47 Å². The number of anilines is 1. The van der Waals surface area contributed by atoms with Gasteiger partial charge in [0.05, 0.1) is 0 Å². The maximum atomic E-state index is 12.5. The molecule has 6 nitrogen and oxygen atoms in total. The first-order valence-electron chi connectivity index (χ1n) is 11.1. The summed E-state index contributed by atoms with van der Waals surface area (Å²) in [6, 6.07) is 21.2. The quantitative estimate of drug-likeness (QED) is 0.508. The zero-order valence-electron chi connectivity index (χ0n) is 18.4. The SMILES string of the molecule is CN(Cc1ccc(N2CCCCC2)cc1)C(=O)COc1ccc(Oc2ccccn2)cc1. The van der Waals surface area contributed by atoms with Crippen molar-refractivity contribution in [2.45, 2.75) is 25.8 Å².